The Morgan fingerprint density at radius 1 is 1.37 bits per heavy atom. The number of hydrogen-bond donors (Lipinski definition) is 0. The molecule has 7 nitrogen and oxygen atoms in total. The number of imide groups is 1. The van der Waals surface area contributed by atoms with Crippen molar-refractivity contribution >= 4 is 17.8 Å². The third-order valence-electron chi connectivity index (χ3n) is 3.47. The van der Waals surface area contributed by atoms with Gasteiger partial charge in [-0.1, -0.05) is 0 Å². The van der Waals surface area contributed by atoms with Gasteiger partial charge in [0, 0.05) is 13.6 Å². The molecule has 106 valence electrons. The van der Waals surface area contributed by atoms with Crippen LogP contribution in [0.1, 0.15) is 13.8 Å². The van der Waals surface area contributed by atoms with E-state index in [4.69, 9.17) is 4.74 Å². The molecule has 0 radical (unpaired) electrons. The molecule has 19 heavy (non-hydrogen) atoms. The number of likely N-dealkylation sites (N-methyl/N-ethyl adjacent to an activating group) is 1. The SMILES string of the molecule is CN1CC(=O)N(CC(=O)N2CCOCC2(C)C)C1=O. The highest BCUT2D eigenvalue weighted by molar-refractivity contribution is 6.04. The quantitative estimate of drug-likeness (QED) is 0.635. The van der Waals surface area contributed by atoms with Crippen molar-refractivity contribution < 1.29 is 19.1 Å². The lowest BCUT2D eigenvalue weighted by Gasteiger charge is -2.42. The van der Waals surface area contributed by atoms with E-state index < -0.39 is 11.6 Å². The summed E-state index contributed by atoms with van der Waals surface area (Å²) in [5.74, 6) is -0.544. The summed E-state index contributed by atoms with van der Waals surface area (Å²) < 4.78 is 5.34. The fourth-order valence-electron chi connectivity index (χ4n) is 2.37. The van der Waals surface area contributed by atoms with E-state index in [2.05, 4.69) is 0 Å². The van der Waals surface area contributed by atoms with Gasteiger partial charge in [-0.15, -0.1) is 0 Å². The van der Waals surface area contributed by atoms with Crippen LogP contribution in [0.3, 0.4) is 0 Å². The first kappa shape index (κ1) is 13.8. The Hall–Kier alpha value is -1.63. The minimum absolute atomic E-state index is 0.0403. The first-order chi connectivity index (χ1) is 8.83. The van der Waals surface area contributed by atoms with E-state index in [0.29, 0.717) is 19.8 Å². The maximum Gasteiger partial charge on any atom is 0.327 e. The summed E-state index contributed by atoms with van der Waals surface area (Å²) in [6.45, 7) is 5.09. The zero-order chi connectivity index (χ0) is 14.2. The first-order valence-corrected chi connectivity index (χ1v) is 6.26. The van der Waals surface area contributed by atoms with Crippen LogP contribution in [0.15, 0.2) is 0 Å². The molecule has 0 atom stereocenters. The monoisotopic (exact) mass is 269 g/mol. The number of carbonyl (C=O) groups excluding carboxylic acids is 3. The molecule has 7 heteroatoms. The van der Waals surface area contributed by atoms with Gasteiger partial charge in [-0.05, 0) is 13.8 Å². The van der Waals surface area contributed by atoms with Crippen molar-refractivity contribution in [3.05, 3.63) is 0 Å². The van der Waals surface area contributed by atoms with Gasteiger partial charge in [0.15, 0.2) is 0 Å². The molecule has 0 N–H and O–H groups in total. The smallest absolute Gasteiger partial charge is 0.327 e. The molecule has 2 fully saturated rings. The molecule has 2 heterocycles. The van der Waals surface area contributed by atoms with Gasteiger partial charge in [-0.2, -0.15) is 0 Å². The lowest BCUT2D eigenvalue weighted by molar-refractivity contribution is -0.148. The third kappa shape index (κ3) is 2.56. The molecular weight excluding hydrogens is 250 g/mol. The fraction of sp³-hybridized carbons (Fsp3) is 0.750. The maximum atomic E-state index is 12.3. The molecule has 2 saturated heterocycles. The molecule has 0 bridgehead atoms. The summed E-state index contributed by atoms with van der Waals surface area (Å²) in [7, 11) is 1.55. The summed E-state index contributed by atoms with van der Waals surface area (Å²) in [6.07, 6.45) is 0. The zero-order valence-corrected chi connectivity index (χ0v) is 11.5. The number of carbonyl (C=O) groups is 3. The highest BCUT2D eigenvalue weighted by Gasteiger charge is 2.39. The second-order valence-corrected chi connectivity index (χ2v) is 5.53. The lowest BCUT2D eigenvalue weighted by atomic mass is 10.0. The van der Waals surface area contributed by atoms with Crippen molar-refractivity contribution in [3.63, 3.8) is 0 Å². The van der Waals surface area contributed by atoms with Crippen molar-refractivity contribution in [2.45, 2.75) is 19.4 Å². The highest BCUT2D eigenvalue weighted by Crippen LogP contribution is 2.20. The van der Waals surface area contributed by atoms with Gasteiger partial charge in [0.25, 0.3) is 5.91 Å². The number of rotatable bonds is 2. The Morgan fingerprint density at radius 3 is 2.58 bits per heavy atom. The summed E-state index contributed by atoms with van der Waals surface area (Å²) in [5.41, 5.74) is -0.410. The lowest BCUT2D eigenvalue weighted by Crippen LogP contribution is -2.58. The topological polar surface area (TPSA) is 70.2 Å². The molecule has 2 rings (SSSR count). The van der Waals surface area contributed by atoms with Crippen LogP contribution in [-0.2, 0) is 14.3 Å². The van der Waals surface area contributed by atoms with Gasteiger partial charge in [0.2, 0.25) is 5.91 Å². The Labute approximate surface area is 112 Å². The Balaban J connectivity index is 2.05. The van der Waals surface area contributed by atoms with Crippen LogP contribution in [0.4, 0.5) is 4.79 Å². The van der Waals surface area contributed by atoms with Crippen LogP contribution in [0.2, 0.25) is 0 Å². The molecule has 2 aliphatic heterocycles. The summed E-state index contributed by atoms with van der Waals surface area (Å²) >= 11 is 0. The van der Waals surface area contributed by atoms with Crippen molar-refractivity contribution in [1.29, 1.82) is 0 Å². The van der Waals surface area contributed by atoms with E-state index in [1.54, 1.807) is 11.9 Å². The molecule has 0 aliphatic carbocycles. The number of urea groups is 1. The Kier molecular flexibility index (Phi) is 3.49. The van der Waals surface area contributed by atoms with Gasteiger partial charge in [-0.3, -0.25) is 14.5 Å². The largest absolute Gasteiger partial charge is 0.377 e. The second-order valence-electron chi connectivity index (χ2n) is 5.53. The van der Waals surface area contributed by atoms with E-state index in [9.17, 15) is 14.4 Å². The van der Waals surface area contributed by atoms with Crippen LogP contribution in [-0.4, -0.2) is 78.0 Å². The van der Waals surface area contributed by atoms with Crippen molar-refractivity contribution in [2.24, 2.45) is 0 Å². The van der Waals surface area contributed by atoms with E-state index in [-0.39, 0.29) is 24.9 Å². The number of nitrogens with zero attached hydrogens (tertiary/aromatic N) is 3. The number of ether oxygens (including phenoxy) is 1. The molecule has 0 saturated carbocycles. The molecule has 0 spiro atoms. The number of morpholine rings is 1. The van der Waals surface area contributed by atoms with Crippen LogP contribution >= 0.6 is 0 Å². The van der Waals surface area contributed by atoms with Crippen LogP contribution in [0.5, 0.6) is 0 Å². The Bertz CT molecular complexity index is 421. The van der Waals surface area contributed by atoms with E-state index in [1.165, 1.54) is 4.90 Å². The molecule has 0 aromatic carbocycles. The predicted molar refractivity (Wildman–Crippen MR) is 66.4 cm³/mol. The summed E-state index contributed by atoms with van der Waals surface area (Å²) in [6, 6.07) is -0.413. The summed E-state index contributed by atoms with van der Waals surface area (Å²) in [5, 5.41) is 0. The van der Waals surface area contributed by atoms with E-state index >= 15 is 0 Å². The standard InChI is InChI=1S/C12H19N3O4/c1-12(2)8-19-5-4-15(12)10(17)7-14-9(16)6-13(3)11(14)18/h4-8H2,1-3H3. The molecule has 2 aliphatic rings. The van der Waals surface area contributed by atoms with Gasteiger partial charge in [-0.25, -0.2) is 4.79 Å². The fourth-order valence-corrected chi connectivity index (χ4v) is 2.37. The average molecular weight is 269 g/mol. The number of amides is 4. The Morgan fingerprint density at radius 2 is 2.05 bits per heavy atom. The molecular formula is C12H19N3O4. The zero-order valence-electron chi connectivity index (χ0n) is 11.5. The average Bonchev–Trinajstić information content (AvgIpc) is 2.55. The second kappa shape index (κ2) is 4.80. The first-order valence-electron chi connectivity index (χ1n) is 6.26. The van der Waals surface area contributed by atoms with E-state index in [1.807, 2.05) is 13.8 Å². The third-order valence-corrected chi connectivity index (χ3v) is 3.47. The van der Waals surface area contributed by atoms with Crippen molar-refractivity contribution in [2.75, 3.05) is 39.9 Å². The maximum absolute atomic E-state index is 12.3. The molecule has 0 aromatic heterocycles. The molecule has 0 unspecified atom stereocenters. The van der Waals surface area contributed by atoms with E-state index in [0.717, 1.165) is 4.90 Å². The minimum atomic E-state index is -0.413. The van der Waals surface area contributed by atoms with Crippen LogP contribution < -0.4 is 0 Å². The van der Waals surface area contributed by atoms with Gasteiger partial charge < -0.3 is 14.5 Å². The number of hydrogen-bond acceptors (Lipinski definition) is 4. The van der Waals surface area contributed by atoms with Crippen LogP contribution in [0, 0.1) is 0 Å². The summed E-state index contributed by atoms with van der Waals surface area (Å²) in [4.78, 5) is 39.6. The normalized spacial score (nSPS) is 23.2. The van der Waals surface area contributed by atoms with Gasteiger partial charge in [0.1, 0.15) is 13.1 Å². The van der Waals surface area contributed by atoms with Gasteiger partial charge in [0.05, 0.1) is 18.8 Å². The van der Waals surface area contributed by atoms with Crippen molar-refractivity contribution in [1.82, 2.24) is 14.7 Å². The highest BCUT2D eigenvalue weighted by atomic mass is 16.5. The minimum Gasteiger partial charge on any atom is -0.377 e. The molecule has 0 aromatic rings. The van der Waals surface area contributed by atoms with Crippen molar-refractivity contribution in [3.8, 4) is 0 Å². The van der Waals surface area contributed by atoms with Gasteiger partial charge >= 0.3 is 6.03 Å². The predicted octanol–water partition coefficient (Wildman–Crippen LogP) is -0.482. The van der Waals surface area contributed by atoms with Crippen LogP contribution in [0.25, 0.3) is 0 Å². The molecule has 4 amide bonds.